The fourth-order valence-electron chi connectivity index (χ4n) is 3.03. The molecule has 1 saturated heterocycles. The largest absolute Gasteiger partial charge is 0.312 e. The standard InChI is InChI=1S/C18H20ClN5O3/c1-11-8-12(2)24(22-11)10-16(25)20-21-18(27)14-6-5-13(19)9-15(14)23-7-3-4-17(23)26/h5-6,8-9H,3-4,7,10H2,1-2H3,(H,20,25)(H,21,27). The lowest BCUT2D eigenvalue weighted by Gasteiger charge is -2.20. The fraction of sp³-hybridized carbons (Fsp3) is 0.333. The second-order valence-corrected chi connectivity index (χ2v) is 6.83. The number of anilines is 1. The van der Waals surface area contributed by atoms with Crippen LogP contribution < -0.4 is 15.8 Å². The summed E-state index contributed by atoms with van der Waals surface area (Å²) >= 11 is 6.03. The first-order valence-electron chi connectivity index (χ1n) is 8.55. The zero-order valence-corrected chi connectivity index (χ0v) is 15.8. The SMILES string of the molecule is Cc1cc(C)n(CC(=O)NNC(=O)c2ccc(Cl)cc2N2CCCC2=O)n1. The van der Waals surface area contributed by atoms with Crippen molar-refractivity contribution in [3.8, 4) is 0 Å². The number of aromatic nitrogens is 2. The summed E-state index contributed by atoms with van der Waals surface area (Å²) in [6.07, 6.45) is 1.17. The number of nitrogens with one attached hydrogen (secondary N) is 2. The minimum atomic E-state index is -0.525. The number of hydrazine groups is 1. The Morgan fingerprint density at radius 1 is 1.22 bits per heavy atom. The van der Waals surface area contributed by atoms with Crippen LogP contribution in [0.4, 0.5) is 5.69 Å². The monoisotopic (exact) mass is 389 g/mol. The molecule has 2 aromatic rings. The summed E-state index contributed by atoms with van der Waals surface area (Å²) in [5.74, 6) is -0.995. The predicted molar refractivity (Wildman–Crippen MR) is 100 cm³/mol. The molecule has 1 aromatic heterocycles. The lowest BCUT2D eigenvalue weighted by atomic mass is 10.1. The first kappa shape index (κ1) is 18.9. The Balaban J connectivity index is 1.68. The van der Waals surface area contributed by atoms with E-state index in [9.17, 15) is 14.4 Å². The molecule has 27 heavy (non-hydrogen) atoms. The van der Waals surface area contributed by atoms with E-state index in [2.05, 4.69) is 16.0 Å². The molecule has 0 saturated carbocycles. The lowest BCUT2D eigenvalue weighted by molar-refractivity contribution is -0.122. The van der Waals surface area contributed by atoms with Gasteiger partial charge in [-0.05, 0) is 44.5 Å². The Bertz CT molecular complexity index is 908. The predicted octanol–water partition coefficient (Wildman–Crippen LogP) is 1.74. The van der Waals surface area contributed by atoms with Gasteiger partial charge in [-0.1, -0.05) is 11.6 Å². The van der Waals surface area contributed by atoms with E-state index in [1.54, 1.807) is 21.7 Å². The molecular formula is C18H20ClN5O3. The summed E-state index contributed by atoms with van der Waals surface area (Å²) in [5, 5.41) is 4.63. The van der Waals surface area contributed by atoms with Gasteiger partial charge in [-0.3, -0.25) is 29.9 Å². The van der Waals surface area contributed by atoms with Crippen LogP contribution in [0, 0.1) is 13.8 Å². The van der Waals surface area contributed by atoms with E-state index >= 15 is 0 Å². The van der Waals surface area contributed by atoms with Crippen molar-refractivity contribution >= 4 is 35.0 Å². The van der Waals surface area contributed by atoms with Crippen molar-refractivity contribution in [2.45, 2.75) is 33.2 Å². The average molecular weight is 390 g/mol. The molecule has 1 fully saturated rings. The van der Waals surface area contributed by atoms with E-state index in [-0.39, 0.29) is 18.0 Å². The van der Waals surface area contributed by atoms with Gasteiger partial charge in [0.1, 0.15) is 6.54 Å². The first-order chi connectivity index (χ1) is 12.8. The minimum absolute atomic E-state index is 0.0158. The first-order valence-corrected chi connectivity index (χ1v) is 8.93. The normalized spacial score (nSPS) is 13.7. The van der Waals surface area contributed by atoms with Crippen molar-refractivity contribution < 1.29 is 14.4 Å². The Hall–Kier alpha value is -2.87. The number of carbonyl (C=O) groups excluding carboxylic acids is 3. The van der Waals surface area contributed by atoms with Crippen molar-refractivity contribution in [3.63, 3.8) is 0 Å². The molecule has 1 aliphatic heterocycles. The third-order valence-corrected chi connectivity index (χ3v) is 4.52. The lowest BCUT2D eigenvalue weighted by Crippen LogP contribution is -2.44. The van der Waals surface area contributed by atoms with E-state index in [0.717, 1.165) is 17.8 Å². The van der Waals surface area contributed by atoms with Crippen molar-refractivity contribution in [2.24, 2.45) is 0 Å². The highest BCUT2D eigenvalue weighted by Gasteiger charge is 2.26. The number of hydrogen-bond acceptors (Lipinski definition) is 4. The van der Waals surface area contributed by atoms with E-state index in [1.165, 1.54) is 6.07 Å². The van der Waals surface area contributed by atoms with Crippen molar-refractivity contribution in [2.75, 3.05) is 11.4 Å². The van der Waals surface area contributed by atoms with Gasteiger partial charge in [0, 0.05) is 23.7 Å². The van der Waals surface area contributed by atoms with Crippen LogP contribution in [0.5, 0.6) is 0 Å². The molecule has 3 amide bonds. The van der Waals surface area contributed by atoms with Crippen molar-refractivity contribution in [3.05, 3.63) is 46.2 Å². The van der Waals surface area contributed by atoms with Crippen molar-refractivity contribution in [1.82, 2.24) is 20.6 Å². The molecular weight excluding hydrogens is 370 g/mol. The van der Waals surface area contributed by atoms with E-state index < -0.39 is 11.8 Å². The molecule has 1 aromatic carbocycles. The molecule has 8 nitrogen and oxygen atoms in total. The number of carbonyl (C=O) groups is 3. The second-order valence-electron chi connectivity index (χ2n) is 6.40. The van der Waals surface area contributed by atoms with Crippen LogP contribution in [0.2, 0.25) is 5.02 Å². The van der Waals surface area contributed by atoms with Crippen LogP contribution in [0.1, 0.15) is 34.6 Å². The maximum absolute atomic E-state index is 12.5. The molecule has 1 aliphatic rings. The van der Waals surface area contributed by atoms with Gasteiger partial charge < -0.3 is 4.90 Å². The molecule has 2 heterocycles. The topological polar surface area (TPSA) is 96.3 Å². The Kier molecular flexibility index (Phi) is 5.46. The molecule has 142 valence electrons. The molecule has 0 bridgehead atoms. The molecule has 0 aliphatic carbocycles. The van der Waals surface area contributed by atoms with Crippen LogP contribution in [-0.2, 0) is 16.1 Å². The van der Waals surface area contributed by atoms with Gasteiger partial charge >= 0.3 is 0 Å². The highest BCUT2D eigenvalue weighted by atomic mass is 35.5. The van der Waals surface area contributed by atoms with Gasteiger partial charge in [0.2, 0.25) is 5.91 Å². The molecule has 0 atom stereocenters. The summed E-state index contributed by atoms with van der Waals surface area (Å²) < 4.78 is 1.55. The van der Waals surface area contributed by atoms with Gasteiger partial charge in [0.25, 0.3) is 11.8 Å². The minimum Gasteiger partial charge on any atom is -0.312 e. The molecule has 9 heteroatoms. The smallest absolute Gasteiger partial charge is 0.271 e. The number of nitrogens with zero attached hydrogens (tertiary/aromatic N) is 3. The second kappa shape index (κ2) is 7.79. The number of hydrogen-bond donors (Lipinski definition) is 2. The third kappa shape index (κ3) is 4.28. The molecule has 2 N–H and O–H groups in total. The number of halogens is 1. The summed E-state index contributed by atoms with van der Waals surface area (Å²) in [6, 6.07) is 6.54. The Labute approximate surface area is 161 Å². The van der Waals surface area contributed by atoms with Gasteiger partial charge in [0.05, 0.1) is 16.9 Å². The van der Waals surface area contributed by atoms with Crippen LogP contribution in [0.15, 0.2) is 24.3 Å². The molecule has 0 radical (unpaired) electrons. The molecule has 0 spiro atoms. The Morgan fingerprint density at radius 3 is 2.63 bits per heavy atom. The van der Waals surface area contributed by atoms with Gasteiger partial charge in [-0.15, -0.1) is 0 Å². The van der Waals surface area contributed by atoms with Crippen molar-refractivity contribution in [1.29, 1.82) is 0 Å². The van der Waals surface area contributed by atoms with Crippen LogP contribution in [0.3, 0.4) is 0 Å². The molecule has 3 rings (SSSR count). The zero-order valence-electron chi connectivity index (χ0n) is 15.1. The number of aryl methyl sites for hydroxylation is 2. The third-order valence-electron chi connectivity index (χ3n) is 4.28. The number of rotatable bonds is 4. The van der Waals surface area contributed by atoms with E-state index in [1.807, 2.05) is 19.9 Å². The van der Waals surface area contributed by atoms with Gasteiger partial charge in [-0.2, -0.15) is 5.10 Å². The van der Waals surface area contributed by atoms with Gasteiger partial charge in [-0.25, -0.2) is 0 Å². The zero-order chi connectivity index (χ0) is 19.6. The van der Waals surface area contributed by atoms with Crippen LogP contribution in [-0.4, -0.2) is 34.0 Å². The summed E-state index contributed by atoms with van der Waals surface area (Å²) in [6.45, 7) is 4.20. The maximum Gasteiger partial charge on any atom is 0.271 e. The fourth-order valence-corrected chi connectivity index (χ4v) is 3.19. The number of benzene rings is 1. The highest BCUT2D eigenvalue weighted by molar-refractivity contribution is 6.31. The summed E-state index contributed by atoms with van der Waals surface area (Å²) in [7, 11) is 0. The van der Waals surface area contributed by atoms with Crippen LogP contribution >= 0.6 is 11.6 Å². The van der Waals surface area contributed by atoms with E-state index in [4.69, 9.17) is 11.6 Å². The average Bonchev–Trinajstić information content (AvgIpc) is 3.17. The number of amides is 3. The molecule has 0 unspecified atom stereocenters. The highest BCUT2D eigenvalue weighted by Crippen LogP contribution is 2.28. The Morgan fingerprint density at radius 2 is 2.00 bits per heavy atom. The van der Waals surface area contributed by atoms with Crippen LogP contribution in [0.25, 0.3) is 0 Å². The van der Waals surface area contributed by atoms with Gasteiger partial charge in [0.15, 0.2) is 0 Å². The summed E-state index contributed by atoms with van der Waals surface area (Å²) in [4.78, 5) is 38.2. The maximum atomic E-state index is 12.5. The summed E-state index contributed by atoms with van der Waals surface area (Å²) in [5.41, 5.74) is 7.12. The quantitative estimate of drug-likeness (QED) is 0.778. The van der Waals surface area contributed by atoms with E-state index in [0.29, 0.717) is 23.7 Å².